The van der Waals surface area contributed by atoms with Gasteiger partial charge in [-0.2, -0.15) is 0 Å². The second-order valence-electron chi connectivity index (χ2n) is 5.21. The van der Waals surface area contributed by atoms with Crippen LogP contribution in [0.25, 0.3) is 0 Å². The number of ether oxygens (including phenoxy) is 1. The molecule has 0 aliphatic carbocycles. The molecule has 0 bridgehead atoms. The zero-order chi connectivity index (χ0) is 13.5. The number of Topliss-reactive ketones (excluding diaryl/α,β-unsaturated/α-hetero) is 1. The zero-order valence-electron chi connectivity index (χ0n) is 11.7. The molecule has 0 spiro atoms. The molecule has 3 nitrogen and oxygen atoms in total. The van der Waals surface area contributed by atoms with Crippen molar-refractivity contribution in [1.82, 2.24) is 5.32 Å². The molecule has 1 aliphatic heterocycles. The molecular formula is C16H23NO2. The Labute approximate surface area is 115 Å². The first kappa shape index (κ1) is 14.1. The maximum atomic E-state index is 12.2. The summed E-state index contributed by atoms with van der Waals surface area (Å²) in [6.07, 6.45) is 4.00. The molecule has 1 aromatic carbocycles. The largest absolute Gasteiger partial charge is 0.494 e. The van der Waals surface area contributed by atoms with E-state index in [0.29, 0.717) is 12.3 Å². The van der Waals surface area contributed by atoms with Gasteiger partial charge in [0.2, 0.25) is 0 Å². The van der Waals surface area contributed by atoms with Crippen molar-refractivity contribution in [2.45, 2.75) is 32.6 Å². The standard InChI is InChI=1S/C16H23NO2/c1-2-10-19-15-7-5-14(6-8-15)16(18)11-13-4-3-9-17-12-13/h5-8,13,17H,2-4,9-12H2,1H3. The molecule has 1 atom stereocenters. The second-order valence-corrected chi connectivity index (χ2v) is 5.21. The molecule has 1 saturated heterocycles. The van der Waals surface area contributed by atoms with E-state index in [2.05, 4.69) is 12.2 Å². The summed E-state index contributed by atoms with van der Waals surface area (Å²) in [7, 11) is 0. The second kappa shape index (κ2) is 7.29. The number of ketones is 1. The van der Waals surface area contributed by atoms with Crippen LogP contribution in [0.4, 0.5) is 0 Å². The molecule has 104 valence electrons. The van der Waals surface area contributed by atoms with Gasteiger partial charge in [-0.05, 0) is 62.5 Å². The van der Waals surface area contributed by atoms with E-state index in [1.165, 1.54) is 6.42 Å². The van der Waals surface area contributed by atoms with Crippen LogP contribution in [0.1, 0.15) is 43.0 Å². The molecule has 1 N–H and O–H groups in total. The van der Waals surface area contributed by atoms with Crippen molar-refractivity contribution in [2.75, 3.05) is 19.7 Å². The van der Waals surface area contributed by atoms with Crippen LogP contribution < -0.4 is 10.1 Å². The topological polar surface area (TPSA) is 38.3 Å². The fourth-order valence-electron chi connectivity index (χ4n) is 2.44. The Morgan fingerprint density at radius 2 is 2.16 bits per heavy atom. The lowest BCUT2D eigenvalue weighted by atomic mass is 9.92. The van der Waals surface area contributed by atoms with Gasteiger partial charge in [-0.25, -0.2) is 0 Å². The van der Waals surface area contributed by atoms with E-state index < -0.39 is 0 Å². The zero-order valence-corrected chi connectivity index (χ0v) is 11.7. The molecule has 0 amide bonds. The highest BCUT2D eigenvalue weighted by molar-refractivity contribution is 5.96. The van der Waals surface area contributed by atoms with Crippen molar-refractivity contribution in [2.24, 2.45) is 5.92 Å². The molecule has 19 heavy (non-hydrogen) atoms. The number of carbonyl (C=O) groups is 1. The molecule has 1 fully saturated rings. The molecule has 1 unspecified atom stereocenters. The van der Waals surface area contributed by atoms with Crippen LogP contribution in [-0.2, 0) is 0 Å². The average Bonchev–Trinajstić information content (AvgIpc) is 2.46. The first-order chi connectivity index (χ1) is 9.29. The van der Waals surface area contributed by atoms with Crippen LogP contribution in [0, 0.1) is 5.92 Å². The van der Waals surface area contributed by atoms with Crippen LogP contribution in [-0.4, -0.2) is 25.5 Å². The number of nitrogens with one attached hydrogen (secondary N) is 1. The van der Waals surface area contributed by atoms with Crippen LogP contribution >= 0.6 is 0 Å². The van der Waals surface area contributed by atoms with Crippen molar-refractivity contribution in [3.05, 3.63) is 29.8 Å². The Morgan fingerprint density at radius 3 is 2.79 bits per heavy atom. The van der Waals surface area contributed by atoms with Gasteiger partial charge in [0, 0.05) is 12.0 Å². The summed E-state index contributed by atoms with van der Waals surface area (Å²) >= 11 is 0. The molecule has 3 heteroatoms. The van der Waals surface area contributed by atoms with Crippen molar-refractivity contribution < 1.29 is 9.53 Å². The van der Waals surface area contributed by atoms with Gasteiger partial charge in [0.15, 0.2) is 5.78 Å². The molecule has 1 heterocycles. The quantitative estimate of drug-likeness (QED) is 0.800. The van der Waals surface area contributed by atoms with Crippen molar-refractivity contribution in [1.29, 1.82) is 0 Å². The van der Waals surface area contributed by atoms with Crippen LogP contribution in [0.2, 0.25) is 0 Å². The Kier molecular flexibility index (Phi) is 5.40. The summed E-state index contributed by atoms with van der Waals surface area (Å²) in [4.78, 5) is 12.2. The molecule has 0 radical (unpaired) electrons. The van der Waals surface area contributed by atoms with Gasteiger partial charge in [-0.3, -0.25) is 4.79 Å². The molecule has 1 aliphatic rings. The highest BCUT2D eigenvalue weighted by atomic mass is 16.5. The number of hydrogen-bond donors (Lipinski definition) is 1. The monoisotopic (exact) mass is 261 g/mol. The Morgan fingerprint density at radius 1 is 1.37 bits per heavy atom. The first-order valence-electron chi connectivity index (χ1n) is 7.26. The third kappa shape index (κ3) is 4.35. The van der Waals surface area contributed by atoms with Crippen LogP contribution in [0.5, 0.6) is 5.75 Å². The summed E-state index contributed by atoms with van der Waals surface area (Å²) in [6, 6.07) is 7.54. The van der Waals surface area contributed by atoms with Crippen molar-refractivity contribution in [3.63, 3.8) is 0 Å². The minimum atomic E-state index is 0.246. The van der Waals surface area contributed by atoms with Gasteiger partial charge in [-0.1, -0.05) is 6.92 Å². The van der Waals surface area contributed by atoms with E-state index in [1.54, 1.807) is 0 Å². The fourth-order valence-corrected chi connectivity index (χ4v) is 2.44. The average molecular weight is 261 g/mol. The summed E-state index contributed by atoms with van der Waals surface area (Å²) in [6.45, 7) is 4.87. The third-order valence-electron chi connectivity index (χ3n) is 3.52. The fraction of sp³-hybridized carbons (Fsp3) is 0.562. The molecular weight excluding hydrogens is 238 g/mol. The number of benzene rings is 1. The number of carbonyl (C=O) groups excluding carboxylic acids is 1. The van der Waals surface area contributed by atoms with Gasteiger partial charge in [0.1, 0.15) is 5.75 Å². The third-order valence-corrected chi connectivity index (χ3v) is 3.52. The van der Waals surface area contributed by atoms with E-state index in [9.17, 15) is 4.79 Å². The maximum Gasteiger partial charge on any atom is 0.163 e. The summed E-state index contributed by atoms with van der Waals surface area (Å²) in [5, 5.41) is 3.35. The Bertz CT molecular complexity index is 394. The lowest BCUT2D eigenvalue weighted by Crippen LogP contribution is -2.31. The normalized spacial score (nSPS) is 19.1. The van der Waals surface area contributed by atoms with Crippen LogP contribution in [0.3, 0.4) is 0 Å². The molecule has 0 aromatic heterocycles. The van der Waals surface area contributed by atoms with Crippen LogP contribution in [0.15, 0.2) is 24.3 Å². The van der Waals surface area contributed by atoms with E-state index in [1.807, 2.05) is 24.3 Å². The van der Waals surface area contributed by atoms with E-state index in [0.717, 1.165) is 43.9 Å². The summed E-state index contributed by atoms with van der Waals surface area (Å²) in [5.74, 6) is 1.59. The van der Waals surface area contributed by atoms with Gasteiger partial charge in [-0.15, -0.1) is 0 Å². The lowest BCUT2D eigenvalue weighted by Gasteiger charge is -2.21. The Hall–Kier alpha value is -1.35. The van der Waals surface area contributed by atoms with Gasteiger partial charge in [0.05, 0.1) is 6.61 Å². The van der Waals surface area contributed by atoms with E-state index in [-0.39, 0.29) is 5.78 Å². The van der Waals surface area contributed by atoms with Gasteiger partial charge >= 0.3 is 0 Å². The summed E-state index contributed by atoms with van der Waals surface area (Å²) in [5.41, 5.74) is 0.800. The molecule has 1 aromatic rings. The minimum Gasteiger partial charge on any atom is -0.494 e. The number of piperidine rings is 1. The van der Waals surface area contributed by atoms with E-state index in [4.69, 9.17) is 4.74 Å². The summed E-state index contributed by atoms with van der Waals surface area (Å²) < 4.78 is 5.52. The number of rotatable bonds is 6. The Balaban J connectivity index is 1.87. The van der Waals surface area contributed by atoms with Crippen molar-refractivity contribution in [3.8, 4) is 5.75 Å². The minimum absolute atomic E-state index is 0.246. The van der Waals surface area contributed by atoms with Crippen molar-refractivity contribution >= 4 is 5.78 Å². The van der Waals surface area contributed by atoms with E-state index >= 15 is 0 Å². The first-order valence-corrected chi connectivity index (χ1v) is 7.26. The van der Waals surface area contributed by atoms with Gasteiger partial charge in [0.25, 0.3) is 0 Å². The highest BCUT2D eigenvalue weighted by Crippen LogP contribution is 2.19. The predicted molar refractivity (Wildman–Crippen MR) is 76.8 cm³/mol. The number of hydrogen-bond acceptors (Lipinski definition) is 3. The van der Waals surface area contributed by atoms with Gasteiger partial charge < -0.3 is 10.1 Å². The lowest BCUT2D eigenvalue weighted by molar-refractivity contribution is 0.0954. The smallest absolute Gasteiger partial charge is 0.163 e. The highest BCUT2D eigenvalue weighted by Gasteiger charge is 2.17. The maximum absolute atomic E-state index is 12.2. The predicted octanol–water partition coefficient (Wildman–Crippen LogP) is 3.05. The molecule has 0 saturated carbocycles. The SMILES string of the molecule is CCCOc1ccc(C(=O)CC2CCCNC2)cc1. The molecule has 2 rings (SSSR count).